The predicted molar refractivity (Wildman–Crippen MR) is 74.2 cm³/mol. The predicted octanol–water partition coefficient (Wildman–Crippen LogP) is 3.50. The lowest BCUT2D eigenvalue weighted by molar-refractivity contribution is 0.305. The standard InChI is InChI=1S/C13H17N3OS/c1-3-7-17-12-4-6-14-13(16-12)15-10(2)11-5-8-18-9-11/h4-6,8-10H,3,7H2,1-2H3,(H,14,15,16). The molecule has 0 bridgehead atoms. The second-order valence-corrected chi connectivity index (χ2v) is 4.77. The first-order valence-electron chi connectivity index (χ1n) is 6.04. The van der Waals surface area contributed by atoms with E-state index in [9.17, 15) is 0 Å². The molecule has 0 amide bonds. The van der Waals surface area contributed by atoms with Crippen molar-refractivity contribution < 1.29 is 4.74 Å². The molecule has 0 aliphatic rings. The Kier molecular flexibility index (Phi) is 4.52. The van der Waals surface area contributed by atoms with Crippen molar-refractivity contribution in [1.29, 1.82) is 0 Å². The minimum absolute atomic E-state index is 0.192. The Hall–Kier alpha value is -1.62. The molecule has 0 saturated carbocycles. The molecule has 5 heteroatoms. The van der Waals surface area contributed by atoms with Crippen LogP contribution in [0.4, 0.5) is 5.95 Å². The van der Waals surface area contributed by atoms with Gasteiger partial charge in [-0.15, -0.1) is 0 Å². The number of nitrogens with zero attached hydrogens (tertiary/aromatic N) is 2. The Morgan fingerprint density at radius 1 is 1.44 bits per heavy atom. The van der Waals surface area contributed by atoms with E-state index in [1.165, 1.54) is 5.56 Å². The lowest BCUT2D eigenvalue weighted by atomic mass is 10.2. The summed E-state index contributed by atoms with van der Waals surface area (Å²) < 4.78 is 5.48. The van der Waals surface area contributed by atoms with Crippen molar-refractivity contribution in [3.63, 3.8) is 0 Å². The number of hydrogen-bond donors (Lipinski definition) is 1. The van der Waals surface area contributed by atoms with E-state index in [-0.39, 0.29) is 6.04 Å². The van der Waals surface area contributed by atoms with Gasteiger partial charge in [-0.1, -0.05) is 6.92 Å². The zero-order valence-corrected chi connectivity index (χ0v) is 11.4. The number of hydrogen-bond acceptors (Lipinski definition) is 5. The molecule has 0 fully saturated rings. The van der Waals surface area contributed by atoms with Gasteiger partial charge in [0, 0.05) is 12.3 Å². The Balaban J connectivity index is 2.00. The maximum atomic E-state index is 5.48. The largest absolute Gasteiger partial charge is 0.478 e. The molecule has 18 heavy (non-hydrogen) atoms. The van der Waals surface area contributed by atoms with Gasteiger partial charge in [-0.3, -0.25) is 0 Å². The van der Waals surface area contributed by atoms with Gasteiger partial charge in [0.05, 0.1) is 12.6 Å². The van der Waals surface area contributed by atoms with E-state index in [1.807, 2.05) is 0 Å². The highest BCUT2D eigenvalue weighted by atomic mass is 32.1. The van der Waals surface area contributed by atoms with E-state index in [1.54, 1.807) is 23.6 Å². The topological polar surface area (TPSA) is 47.0 Å². The highest BCUT2D eigenvalue weighted by Gasteiger charge is 2.07. The maximum absolute atomic E-state index is 5.48. The summed E-state index contributed by atoms with van der Waals surface area (Å²) >= 11 is 1.69. The summed E-state index contributed by atoms with van der Waals surface area (Å²) in [5.41, 5.74) is 1.24. The Bertz CT molecular complexity index is 473. The van der Waals surface area contributed by atoms with Gasteiger partial charge < -0.3 is 10.1 Å². The molecule has 0 aliphatic heterocycles. The maximum Gasteiger partial charge on any atom is 0.226 e. The van der Waals surface area contributed by atoms with Crippen molar-refractivity contribution in [2.75, 3.05) is 11.9 Å². The average molecular weight is 263 g/mol. The summed E-state index contributed by atoms with van der Waals surface area (Å²) in [5, 5.41) is 7.45. The van der Waals surface area contributed by atoms with Gasteiger partial charge in [-0.25, -0.2) is 4.98 Å². The average Bonchev–Trinajstić information content (AvgIpc) is 2.91. The van der Waals surface area contributed by atoms with Crippen molar-refractivity contribution in [1.82, 2.24) is 9.97 Å². The molecule has 4 nitrogen and oxygen atoms in total. The van der Waals surface area contributed by atoms with Crippen LogP contribution in [0.3, 0.4) is 0 Å². The monoisotopic (exact) mass is 263 g/mol. The first-order valence-corrected chi connectivity index (χ1v) is 6.98. The van der Waals surface area contributed by atoms with E-state index in [2.05, 4.69) is 46.0 Å². The first kappa shape index (κ1) is 12.8. The molecule has 2 aromatic rings. The summed E-state index contributed by atoms with van der Waals surface area (Å²) in [6.07, 6.45) is 2.68. The normalized spacial score (nSPS) is 12.1. The molecule has 2 rings (SSSR count). The molecule has 2 aromatic heterocycles. The van der Waals surface area contributed by atoms with Crippen LogP contribution < -0.4 is 10.1 Å². The molecule has 0 aromatic carbocycles. The van der Waals surface area contributed by atoms with Crippen molar-refractivity contribution in [3.8, 4) is 5.88 Å². The molecular weight excluding hydrogens is 246 g/mol. The third kappa shape index (κ3) is 3.43. The molecule has 1 atom stereocenters. The lowest BCUT2D eigenvalue weighted by Crippen LogP contribution is -2.09. The van der Waals surface area contributed by atoms with Crippen LogP contribution in [0.5, 0.6) is 5.88 Å². The number of aromatic nitrogens is 2. The molecule has 1 N–H and O–H groups in total. The number of nitrogens with one attached hydrogen (secondary N) is 1. The number of thiophene rings is 1. The summed E-state index contributed by atoms with van der Waals surface area (Å²) in [5.74, 6) is 1.22. The minimum atomic E-state index is 0.192. The summed E-state index contributed by atoms with van der Waals surface area (Å²) in [6, 6.07) is 4.06. The summed E-state index contributed by atoms with van der Waals surface area (Å²) in [7, 11) is 0. The fourth-order valence-corrected chi connectivity index (χ4v) is 2.25. The number of anilines is 1. The molecule has 0 radical (unpaired) electrons. The van der Waals surface area contributed by atoms with Gasteiger partial charge in [0.25, 0.3) is 0 Å². The first-order chi connectivity index (χ1) is 8.79. The fourth-order valence-electron chi connectivity index (χ4n) is 1.50. The molecule has 0 spiro atoms. The minimum Gasteiger partial charge on any atom is -0.478 e. The van der Waals surface area contributed by atoms with Crippen LogP contribution in [0.25, 0.3) is 0 Å². The van der Waals surface area contributed by atoms with Gasteiger partial charge >= 0.3 is 0 Å². The van der Waals surface area contributed by atoms with Gasteiger partial charge in [-0.2, -0.15) is 16.3 Å². The molecular formula is C13H17N3OS. The summed E-state index contributed by atoms with van der Waals surface area (Å²) in [6.45, 7) is 4.83. The molecule has 96 valence electrons. The zero-order valence-electron chi connectivity index (χ0n) is 10.6. The van der Waals surface area contributed by atoms with Crippen LogP contribution >= 0.6 is 11.3 Å². The van der Waals surface area contributed by atoms with Crippen LogP contribution in [0.1, 0.15) is 31.9 Å². The van der Waals surface area contributed by atoms with Gasteiger partial charge in [0.15, 0.2) is 0 Å². The Morgan fingerprint density at radius 2 is 2.33 bits per heavy atom. The van der Waals surface area contributed by atoms with E-state index in [0.717, 1.165) is 6.42 Å². The highest BCUT2D eigenvalue weighted by molar-refractivity contribution is 7.07. The molecule has 0 saturated heterocycles. The van der Waals surface area contributed by atoms with Gasteiger partial charge in [0.1, 0.15) is 0 Å². The van der Waals surface area contributed by atoms with Crippen LogP contribution in [0, 0.1) is 0 Å². The lowest BCUT2D eigenvalue weighted by Gasteiger charge is -2.12. The quantitative estimate of drug-likeness (QED) is 0.866. The van der Waals surface area contributed by atoms with E-state index < -0.39 is 0 Å². The highest BCUT2D eigenvalue weighted by Crippen LogP contribution is 2.20. The molecule has 0 aliphatic carbocycles. The fraction of sp³-hybridized carbons (Fsp3) is 0.385. The van der Waals surface area contributed by atoms with Gasteiger partial charge in [0.2, 0.25) is 11.8 Å². The van der Waals surface area contributed by atoms with E-state index in [4.69, 9.17) is 4.74 Å². The third-order valence-electron chi connectivity index (χ3n) is 2.47. The van der Waals surface area contributed by atoms with Crippen molar-refractivity contribution in [2.45, 2.75) is 26.3 Å². The van der Waals surface area contributed by atoms with Crippen molar-refractivity contribution in [3.05, 3.63) is 34.7 Å². The van der Waals surface area contributed by atoms with Crippen molar-refractivity contribution >= 4 is 17.3 Å². The molecule has 2 heterocycles. The van der Waals surface area contributed by atoms with Crippen molar-refractivity contribution in [2.24, 2.45) is 0 Å². The zero-order chi connectivity index (χ0) is 12.8. The Labute approximate surface area is 111 Å². The van der Waals surface area contributed by atoms with Gasteiger partial charge in [-0.05, 0) is 35.7 Å². The number of ether oxygens (including phenoxy) is 1. The van der Waals surface area contributed by atoms with Crippen LogP contribution in [0.15, 0.2) is 29.1 Å². The smallest absolute Gasteiger partial charge is 0.226 e. The molecule has 1 unspecified atom stereocenters. The second kappa shape index (κ2) is 6.35. The van der Waals surface area contributed by atoms with Crippen LogP contribution in [-0.2, 0) is 0 Å². The SMILES string of the molecule is CCCOc1ccnc(NC(C)c2ccsc2)n1. The number of rotatable bonds is 6. The third-order valence-corrected chi connectivity index (χ3v) is 3.17. The van der Waals surface area contributed by atoms with E-state index >= 15 is 0 Å². The second-order valence-electron chi connectivity index (χ2n) is 3.99. The van der Waals surface area contributed by atoms with Crippen LogP contribution in [-0.4, -0.2) is 16.6 Å². The summed E-state index contributed by atoms with van der Waals surface area (Å²) in [4.78, 5) is 8.52. The van der Waals surface area contributed by atoms with E-state index in [0.29, 0.717) is 18.4 Å². The van der Waals surface area contributed by atoms with Crippen LogP contribution in [0.2, 0.25) is 0 Å². The Morgan fingerprint density at radius 3 is 3.06 bits per heavy atom.